The summed E-state index contributed by atoms with van der Waals surface area (Å²) in [4.78, 5) is 2.21. The van der Waals surface area contributed by atoms with Gasteiger partial charge in [-0.3, -0.25) is 0 Å². The van der Waals surface area contributed by atoms with E-state index in [2.05, 4.69) is 45.2 Å². The molecule has 0 bridgehead atoms. The van der Waals surface area contributed by atoms with Gasteiger partial charge in [-0.25, -0.2) is 0 Å². The van der Waals surface area contributed by atoms with Crippen molar-refractivity contribution in [1.82, 2.24) is 10.1 Å². The van der Waals surface area contributed by atoms with Crippen molar-refractivity contribution < 1.29 is 6.11 Å². The Balaban J connectivity index is 0.000000980. The zero-order valence-electron chi connectivity index (χ0n) is 8.11. The molecule has 13 heavy (non-hydrogen) atoms. The second kappa shape index (κ2) is 3.79. The minimum absolute atomic E-state index is 0. The second-order valence-corrected chi connectivity index (χ2v) is 3.27. The predicted molar refractivity (Wildman–Crippen MR) is 53.2 cm³/mol. The molecule has 0 aliphatic carbocycles. The maximum atomic E-state index is 3.35. The van der Waals surface area contributed by atoms with E-state index in [1.165, 1.54) is 0 Å². The summed E-state index contributed by atoms with van der Waals surface area (Å²) in [5, 5.41) is 5.71. The van der Waals surface area contributed by atoms with Gasteiger partial charge in [0.25, 0.3) is 0 Å². The van der Waals surface area contributed by atoms with E-state index in [1.54, 1.807) is 0 Å². The molecule has 2 heterocycles. The average molecular weight is 183 g/mol. The molecule has 1 fully saturated rings. The van der Waals surface area contributed by atoms with Crippen molar-refractivity contribution in [2.45, 2.75) is 13.5 Å². The summed E-state index contributed by atoms with van der Waals surface area (Å²) in [7, 11) is 0. The van der Waals surface area contributed by atoms with Gasteiger partial charge >= 0.3 is 0 Å². The van der Waals surface area contributed by atoms with Crippen LogP contribution < -0.4 is 15.0 Å². The van der Waals surface area contributed by atoms with Crippen LogP contribution in [-0.4, -0.2) is 31.0 Å². The van der Waals surface area contributed by atoms with Crippen molar-refractivity contribution in [3.8, 4) is 0 Å². The van der Waals surface area contributed by atoms with Crippen LogP contribution in [0, 0.1) is 0 Å². The third-order valence-corrected chi connectivity index (χ3v) is 2.45. The minimum atomic E-state index is 0. The minimum Gasteiger partial charge on any atom is -0.309 e. The standard InChI is InChI=1S/C9H17N4.H2/c1-2-11-6-3-7-13(11)12-8-4-10-5-9-12;/h3,6-7,10H,2,4-5,8-9H2,1H3;1H/q+1;. The number of aryl methyl sites for hydroxylation is 1. The number of nitrogens with one attached hydrogen (secondary N) is 1. The van der Waals surface area contributed by atoms with Gasteiger partial charge in [-0.05, 0) is 6.92 Å². The smallest absolute Gasteiger partial charge is 0.118 e. The SMILES string of the molecule is CC[n+]1cccn1N1CCNCC1.[HH]. The summed E-state index contributed by atoms with van der Waals surface area (Å²) in [6.07, 6.45) is 4.23. The molecule has 0 atom stereocenters. The Hall–Kier alpha value is -1.03. The normalized spacial score (nSPS) is 17.8. The molecule has 1 aliphatic rings. The van der Waals surface area contributed by atoms with Crippen LogP contribution in [0.15, 0.2) is 18.5 Å². The van der Waals surface area contributed by atoms with Crippen molar-refractivity contribution in [3.05, 3.63) is 18.5 Å². The van der Waals surface area contributed by atoms with E-state index in [9.17, 15) is 0 Å². The van der Waals surface area contributed by atoms with E-state index >= 15 is 0 Å². The molecule has 0 radical (unpaired) electrons. The van der Waals surface area contributed by atoms with Crippen molar-refractivity contribution in [1.29, 1.82) is 0 Å². The van der Waals surface area contributed by atoms with Gasteiger partial charge in [0.1, 0.15) is 25.8 Å². The predicted octanol–water partition coefficient (Wildman–Crippen LogP) is -0.417. The van der Waals surface area contributed by atoms with Gasteiger partial charge in [-0.2, -0.15) is 9.69 Å². The lowest BCUT2D eigenvalue weighted by molar-refractivity contribution is -0.772. The summed E-state index contributed by atoms with van der Waals surface area (Å²) < 4.78 is 2.21. The van der Waals surface area contributed by atoms with Crippen LogP contribution in [0.4, 0.5) is 0 Å². The maximum absolute atomic E-state index is 3.35. The van der Waals surface area contributed by atoms with Crippen molar-refractivity contribution in [2.75, 3.05) is 31.2 Å². The molecule has 1 N–H and O–H groups in total. The summed E-state index contributed by atoms with van der Waals surface area (Å²) in [6, 6.07) is 2.09. The van der Waals surface area contributed by atoms with Gasteiger partial charge in [0.05, 0.1) is 6.20 Å². The van der Waals surface area contributed by atoms with Crippen molar-refractivity contribution >= 4 is 0 Å². The Morgan fingerprint density at radius 3 is 2.92 bits per heavy atom. The first-order chi connectivity index (χ1) is 6.42. The first-order valence-corrected chi connectivity index (χ1v) is 4.95. The third-order valence-electron chi connectivity index (χ3n) is 2.45. The molecule has 4 nitrogen and oxygen atoms in total. The molecule has 4 heteroatoms. The molecule has 1 aromatic heterocycles. The van der Waals surface area contributed by atoms with Crippen LogP contribution in [-0.2, 0) is 6.54 Å². The Labute approximate surface area is 80.2 Å². The van der Waals surface area contributed by atoms with Gasteiger partial charge in [0.15, 0.2) is 0 Å². The van der Waals surface area contributed by atoms with Gasteiger partial charge in [0.2, 0.25) is 0 Å². The molecule has 0 aromatic carbocycles. The van der Waals surface area contributed by atoms with E-state index in [-0.39, 0.29) is 1.43 Å². The molecular formula is C9H19N4+. The monoisotopic (exact) mass is 183 g/mol. The second-order valence-electron chi connectivity index (χ2n) is 3.27. The first kappa shape index (κ1) is 8.56. The zero-order valence-corrected chi connectivity index (χ0v) is 8.11. The van der Waals surface area contributed by atoms with Gasteiger partial charge in [-0.15, -0.1) is 0 Å². The fraction of sp³-hybridized carbons (Fsp3) is 0.667. The van der Waals surface area contributed by atoms with Crippen LogP contribution >= 0.6 is 0 Å². The third kappa shape index (κ3) is 1.67. The number of nitrogens with zero attached hydrogens (tertiary/aromatic N) is 3. The van der Waals surface area contributed by atoms with Gasteiger partial charge < -0.3 is 5.32 Å². The van der Waals surface area contributed by atoms with Crippen LogP contribution in [0.5, 0.6) is 0 Å². The summed E-state index contributed by atoms with van der Waals surface area (Å²) in [5.41, 5.74) is 0. The van der Waals surface area contributed by atoms with E-state index in [0.29, 0.717) is 0 Å². The molecule has 0 saturated carbocycles. The number of piperazine rings is 1. The lowest BCUT2D eigenvalue weighted by Crippen LogP contribution is -2.58. The van der Waals surface area contributed by atoms with Crippen LogP contribution in [0.3, 0.4) is 0 Å². The number of hydrogen-bond acceptors (Lipinski definition) is 2. The quantitative estimate of drug-likeness (QED) is 0.630. The molecule has 2 rings (SSSR count). The molecule has 0 amide bonds. The molecule has 0 spiro atoms. The number of hydrogen-bond donors (Lipinski definition) is 1. The fourth-order valence-electron chi connectivity index (χ4n) is 1.73. The number of aromatic nitrogens is 2. The summed E-state index contributed by atoms with van der Waals surface area (Å²) in [5.74, 6) is 0. The molecule has 1 saturated heterocycles. The molecule has 1 aromatic rings. The Bertz CT molecular complexity index is 268. The Morgan fingerprint density at radius 1 is 1.46 bits per heavy atom. The lowest BCUT2D eigenvalue weighted by Gasteiger charge is -2.23. The highest BCUT2D eigenvalue weighted by Crippen LogP contribution is 1.91. The topological polar surface area (TPSA) is 24.1 Å². The molecule has 0 unspecified atom stereocenters. The van der Waals surface area contributed by atoms with Gasteiger partial charge in [-0.1, -0.05) is 4.79 Å². The van der Waals surface area contributed by atoms with E-state index < -0.39 is 0 Å². The van der Waals surface area contributed by atoms with Gasteiger partial charge in [0, 0.05) is 20.6 Å². The fourth-order valence-corrected chi connectivity index (χ4v) is 1.73. The number of rotatable bonds is 2. The summed E-state index contributed by atoms with van der Waals surface area (Å²) in [6.45, 7) is 7.54. The van der Waals surface area contributed by atoms with Crippen LogP contribution in [0.1, 0.15) is 8.35 Å². The zero-order chi connectivity index (χ0) is 9.10. The average Bonchev–Trinajstić information content (AvgIpc) is 2.67. The maximum Gasteiger partial charge on any atom is 0.118 e. The molecule has 74 valence electrons. The van der Waals surface area contributed by atoms with Crippen molar-refractivity contribution in [2.24, 2.45) is 0 Å². The van der Waals surface area contributed by atoms with Crippen LogP contribution in [0.25, 0.3) is 0 Å². The first-order valence-electron chi connectivity index (χ1n) is 4.95. The summed E-state index contributed by atoms with van der Waals surface area (Å²) >= 11 is 0. The lowest BCUT2D eigenvalue weighted by atomic mass is 10.4. The molecular weight excluding hydrogens is 164 g/mol. The molecule has 1 aliphatic heterocycles. The van der Waals surface area contributed by atoms with Crippen molar-refractivity contribution in [3.63, 3.8) is 0 Å². The van der Waals surface area contributed by atoms with E-state index in [1.807, 2.05) is 0 Å². The highest BCUT2D eigenvalue weighted by Gasteiger charge is 2.17. The highest BCUT2D eigenvalue weighted by molar-refractivity contribution is 4.88. The van der Waals surface area contributed by atoms with E-state index in [4.69, 9.17) is 0 Å². The largest absolute Gasteiger partial charge is 0.309 e. The van der Waals surface area contributed by atoms with E-state index in [0.717, 1.165) is 32.7 Å². The Kier molecular flexibility index (Phi) is 2.49. The van der Waals surface area contributed by atoms with Crippen LogP contribution in [0.2, 0.25) is 0 Å². The Morgan fingerprint density at radius 2 is 2.23 bits per heavy atom. The highest BCUT2D eigenvalue weighted by atomic mass is 15.7.